The topological polar surface area (TPSA) is 535 Å². The van der Waals surface area contributed by atoms with Crippen LogP contribution in [-0.4, -0.2) is 337 Å². The highest BCUT2D eigenvalue weighted by atomic mass is 16.8. The second-order valence-electron chi connectivity index (χ2n) is 23.7. The van der Waals surface area contributed by atoms with Crippen molar-refractivity contribution in [2.75, 3.05) is 44.5 Å². The summed E-state index contributed by atoms with van der Waals surface area (Å²) in [5.41, 5.74) is 2.34. The summed E-state index contributed by atoms with van der Waals surface area (Å²) in [5, 5.41) is 205. The molecule has 30 atom stereocenters. The van der Waals surface area contributed by atoms with Gasteiger partial charge in [0, 0.05) is 30.5 Å². The number of rotatable bonds is 11. The predicted octanol–water partition coefficient (Wildman–Crippen LogP) is -9.66. The smallest absolute Gasteiger partial charge is 0.227 e. The molecule has 0 radical (unpaired) electrons. The molecule has 1 aromatic heterocycles. The predicted molar refractivity (Wildman–Crippen MR) is 299 cm³/mol. The van der Waals surface area contributed by atoms with Gasteiger partial charge in [-0.25, -0.2) is 4.68 Å². The Morgan fingerprint density at radius 3 is 1.14 bits per heavy atom. The molecule has 23 aliphatic heterocycles. The van der Waals surface area contributed by atoms with E-state index in [1.165, 1.54) is 9.58 Å². The van der Waals surface area contributed by atoms with Crippen LogP contribution in [-0.2, 0) is 79.5 Å². The van der Waals surface area contributed by atoms with Crippen molar-refractivity contribution in [3.05, 3.63) is 54.1 Å². The zero-order valence-corrected chi connectivity index (χ0v) is 49.6. The molecular formula is C57H79N5O31. The van der Waals surface area contributed by atoms with Crippen molar-refractivity contribution in [1.82, 2.24) is 20.3 Å². The molecule has 518 valence electrons. The monoisotopic (exact) mass is 1330 g/mol. The number of nitrogens with one attached hydrogen (secondary N) is 1. The third-order valence-electron chi connectivity index (χ3n) is 17.9. The number of anilines is 1. The normalized spacial score (nSPS) is 43.1. The number of carbonyl (C=O) groups is 2. The first-order valence-electron chi connectivity index (χ1n) is 30.4. The Labute approximate surface area is 527 Å². The van der Waals surface area contributed by atoms with Crippen LogP contribution in [0.5, 0.6) is 0 Å². The third-order valence-corrected chi connectivity index (χ3v) is 17.9. The molecular weight excluding hydrogens is 1250 g/mol. The number of carbonyl (C=O) groups excluding carboxylic acids is 2. The number of nitrogens with zero attached hydrogens (tertiary/aromatic N) is 4. The summed E-state index contributed by atoms with van der Waals surface area (Å²) in [6.45, 7) is -3.65. The Kier molecular flexibility index (Phi) is 22.2. The van der Waals surface area contributed by atoms with Gasteiger partial charge in [-0.05, 0) is 18.6 Å². The molecule has 3 aromatic rings. The molecule has 2 amide bonds. The first-order valence-corrected chi connectivity index (χ1v) is 30.4. The first-order chi connectivity index (χ1) is 44.6. The number of fused-ring (bicyclic) bond motifs is 5. The van der Waals surface area contributed by atoms with E-state index in [4.69, 9.17) is 56.8 Å². The first kappa shape index (κ1) is 69.7. The number of aliphatic hydroxyl groups is 17. The lowest BCUT2D eigenvalue weighted by Gasteiger charge is -2.50. The number of hydrogen-bond acceptors (Lipinski definition) is 33. The van der Waals surface area contributed by atoms with Crippen LogP contribution in [0.4, 0.5) is 5.69 Å². The zero-order chi connectivity index (χ0) is 66.4. The van der Waals surface area contributed by atoms with Gasteiger partial charge in [0.15, 0.2) is 37.7 Å². The van der Waals surface area contributed by atoms with Gasteiger partial charge in [-0.1, -0.05) is 47.7 Å². The molecule has 93 heavy (non-hydrogen) atoms. The number of aliphatic hydroxyl groups excluding tert-OH is 17. The van der Waals surface area contributed by atoms with Crippen molar-refractivity contribution in [2.24, 2.45) is 0 Å². The second kappa shape index (κ2) is 29.6. The molecule has 24 heterocycles. The summed E-state index contributed by atoms with van der Waals surface area (Å²) < 4.78 is 72.6. The van der Waals surface area contributed by atoms with E-state index in [-0.39, 0.29) is 36.9 Å². The molecule has 0 saturated carbocycles. The SMILES string of the molecule is CCNC(=O)CCC(=O)N1Cc2ccccc2-c2c(nnn2CC2OC3OC4C(CO)OC(OC5C(CO)OC(OC6C(CO)OC(OC7C(CO)OC(OC8C(CO)OC(OC2C(O)C3O)C(O)C8O)C(O)C7O)C(O)C6O)C(O)C5O)C(O)C4O)-c2ccccc21. The Morgan fingerprint density at radius 1 is 0.441 bits per heavy atom. The van der Waals surface area contributed by atoms with Crippen LogP contribution >= 0.6 is 0 Å². The van der Waals surface area contributed by atoms with E-state index in [2.05, 4.69) is 15.6 Å². The van der Waals surface area contributed by atoms with Crippen molar-refractivity contribution in [3.8, 4) is 22.5 Å². The molecule has 0 aliphatic carbocycles. The van der Waals surface area contributed by atoms with Crippen molar-refractivity contribution in [3.63, 3.8) is 0 Å². The van der Waals surface area contributed by atoms with Gasteiger partial charge in [0.05, 0.1) is 57.5 Å². The minimum absolute atomic E-state index is 0.0265. The molecule has 22 saturated heterocycles. The van der Waals surface area contributed by atoms with Gasteiger partial charge in [0.2, 0.25) is 11.8 Å². The fourth-order valence-corrected chi connectivity index (χ4v) is 12.9. The molecule has 2 aromatic carbocycles. The lowest BCUT2D eigenvalue weighted by molar-refractivity contribution is -0.403. The van der Waals surface area contributed by atoms with Crippen molar-refractivity contribution in [2.45, 2.75) is 217 Å². The summed E-state index contributed by atoms with van der Waals surface area (Å²) in [7, 11) is 0. The average Bonchev–Trinajstić information content (AvgIpc) is 1.76. The van der Waals surface area contributed by atoms with Crippen LogP contribution in [0.2, 0.25) is 0 Å². The summed E-state index contributed by atoms with van der Waals surface area (Å²) >= 11 is 0. The number of hydrogen-bond donors (Lipinski definition) is 18. The van der Waals surface area contributed by atoms with E-state index >= 15 is 0 Å². The Morgan fingerprint density at radius 2 is 0.774 bits per heavy atom. The number of para-hydroxylation sites is 1. The molecule has 26 rings (SSSR count). The molecule has 18 N–H and O–H groups in total. The number of aromatic nitrogens is 3. The minimum atomic E-state index is -2.25. The highest BCUT2D eigenvalue weighted by molar-refractivity contribution is 6.01. The summed E-state index contributed by atoms with van der Waals surface area (Å²) in [4.78, 5) is 28.2. The molecule has 0 spiro atoms. The molecule has 36 heteroatoms. The second-order valence-corrected chi connectivity index (χ2v) is 23.7. The maximum atomic E-state index is 14.1. The standard InChI is InChI=1S/C57H79N5O31/c1-2-58-30(68)11-12-31(69)61-13-20-7-3-4-8-21(20)33-32(22-9-5-6-10-23(22)61)59-60-62(33)14-24-46-34(70)40(76)52(82-24)89-47-25(15-63)84-54(42(78)36(47)72)91-49-27(17-65)86-56(44(80)38(49)74)93-51-29(19-67)87-57(45(81)39(51)75)92-50-28(18-66)85-55(43(79)37(50)73)90-48-26(16-64)83-53(88-46)41(77)35(48)71/h3-10,24-29,34-57,63-67,70-81H,2,11-19H2,1H3,(H,58,68). The van der Waals surface area contributed by atoms with Gasteiger partial charge >= 0.3 is 0 Å². The Hall–Kier alpha value is -4.64. The van der Waals surface area contributed by atoms with E-state index in [0.717, 1.165) is 0 Å². The van der Waals surface area contributed by atoms with Crippen LogP contribution in [0.25, 0.3) is 22.5 Å². The quantitative estimate of drug-likeness (QED) is 0.0848. The molecule has 36 nitrogen and oxygen atoms in total. The number of amides is 2. The number of ether oxygens (including phenoxy) is 12. The summed E-state index contributed by atoms with van der Waals surface area (Å²) in [5.74, 6) is -0.711. The van der Waals surface area contributed by atoms with E-state index < -0.39 is 224 Å². The van der Waals surface area contributed by atoms with E-state index in [9.17, 15) is 96.4 Å². The van der Waals surface area contributed by atoms with Gasteiger partial charge < -0.3 is 154 Å². The highest BCUT2D eigenvalue weighted by Gasteiger charge is 2.59. The van der Waals surface area contributed by atoms with Crippen molar-refractivity contribution >= 4 is 17.5 Å². The fourth-order valence-electron chi connectivity index (χ4n) is 12.9. The largest absolute Gasteiger partial charge is 0.394 e. The van der Waals surface area contributed by atoms with Crippen LogP contribution in [0, 0.1) is 0 Å². The van der Waals surface area contributed by atoms with E-state index in [1.807, 2.05) is 0 Å². The van der Waals surface area contributed by atoms with Crippen LogP contribution in [0.1, 0.15) is 25.3 Å². The molecule has 22 fully saturated rings. The van der Waals surface area contributed by atoms with Crippen LogP contribution in [0.15, 0.2) is 48.5 Å². The molecule has 30 unspecified atom stereocenters. The highest BCUT2D eigenvalue weighted by Crippen LogP contribution is 2.44. The van der Waals surface area contributed by atoms with Crippen molar-refractivity contribution < 1.29 is 153 Å². The Bertz CT molecular complexity index is 2980. The van der Waals surface area contributed by atoms with Crippen LogP contribution < -0.4 is 10.2 Å². The lowest BCUT2D eigenvalue weighted by Crippen LogP contribution is -2.69. The van der Waals surface area contributed by atoms with Crippen molar-refractivity contribution in [1.29, 1.82) is 0 Å². The molecule has 12 bridgehead atoms. The van der Waals surface area contributed by atoms with Gasteiger partial charge in [-0.3, -0.25) is 9.59 Å². The van der Waals surface area contributed by atoms with E-state index in [1.54, 1.807) is 55.5 Å². The fraction of sp³-hybridized carbons (Fsp3) is 0.719. The molecule has 23 aliphatic rings. The Balaban J connectivity index is 0.947. The summed E-state index contributed by atoms with van der Waals surface area (Å²) in [6, 6.07) is 13.7. The van der Waals surface area contributed by atoms with Gasteiger partial charge in [-0.2, -0.15) is 0 Å². The maximum absolute atomic E-state index is 14.1. The van der Waals surface area contributed by atoms with E-state index in [0.29, 0.717) is 34.6 Å². The third kappa shape index (κ3) is 13.6. The minimum Gasteiger partial charge on any atom is -0.394 e. The zero-order valence-electron chi connectivity index (χ0n) is 49.6. The van der Waals surface area contributed by atoms with Gasteiger partial charge in [-0.15, -0.1) is 5.10 Å². The van der Waals surface area contributed by atoms with Crippen LogP contribution in [0.3, 0.4) is 0 Å². The number of benzene rings is 2. The maximum Gasteiger partial charge on any atom is 0.227 e. The summed E-state index contributed by atoms with van der Waals surface area (Å²) in [6.07, 6.45) is -60.7. The van der Waals surface area contributed by atoms with Gasteiger partial charge in [0.1, 0.15) is 152 Å². The lowest BCUT2D eigenvalue weighted by atomic mass is 9.94. The van der Waals surface area contributed by atoms with Gasteiger partial charge in [0.25, 0.3) is 0 Å². The average molecular weight is 1330 g/mol.